The molecular weight excluding hydrogens is 178 g/mol. The Morgan fingerprint density at radius 1 is 1.58 bits per heavy atom. The molecule has 2 heterocycles. The van der Waals surface area contributed by atoms with Crippen molar-refractivity contribution in [2.45, 2.75) is 0 Å². The molecule has 0 aromatic carbocycles. The first-order chi connectivity index (χ1) is 5.79. The molecular formula is C4H5N7S. The highest BCUT2D eigenvalue weighted by atomic mass is 32.1. The lowest BCUT2D eigenvalue weighted by Crippen LogP contribution is -2.14. The second-order valence-electron chi connectivity index (χ2n) is 2.04. The van der Waals surface area contributed by atoms with E-state index >= 15 is 0 Å². The number of aromatic amines is 1. The molecule has 0 saturated carbocycles. The topological polar surface area (TPSA) is 90.3 Å². The van der Waals surface area contributed by atoms with Gasteiger partial charge in [0.15, 0.2) is 0 Å². The average molecular weight is 183 g/mol. The molecule has 0 spiro atoms. The Kier molecular flexibility index (Phi) is 1.40. The fourth-order valence-electron chi connectivity index (χ4n) is 0.769. The summed E-state index contributed by atoms with van der Waals surface area (Å²) in [6, 6.07) is 0. The molecule has 62 valence electrons. The summed E-state index contributed by atoms with van der Waals surface area (Å²) < 4.78 is 2.96. The molecule has 12 heavy (non-hydrogen) atoms. The Morgan fingerprint density at radius 3 is 2.92 bits per heavy atom. The normalized spacial score (nSPS) is 10.3. The van der Waals surface area contributed by atoms with Crippen molar-refractivity contribution in [2.75, 3.05) is 5.84 Å². The van der Waals surface area contributed by atoms with Crippen LogP contribution in [0.1, 0.15) is 0 Å². The largest absolute Gasteiger partial charge is 0.334 e. The lowest BCUT2D eigenvalue weighted by Gasteiger charge is -1.95. The minimum Gasteiger partial charge on any atom is -0.334 e. The Bertz CT molecular complexity index is 422. The summed E-state index contributed by atoms with van der Waals surface area (Å²) in [7, 11) is 0. The number of nitrogens with two attached hydrogens (primary N) is 1. The summed E-state index contributed by atoms with van der Waals surface area (Å²) in [5.41, 5.74) is 0. The second-order valence-corrected chi connectivity index (χ2v) is 2.43. The van der Waals surface area contributed by atoms with Crippen LogP contribution >= 0.6 is 12.2 Å². The molecule has 8 heteroatoms. The Labute approximate surface area is 71.8 Å². The third kappa shape index (κ3) is 0.889. The van der Waals surface area contributed by atoms with Crippen LogP contribution < -0.4 is 5.84 Å². The van der Waals surface area contributed by atoms with Gasteiger partial charge < -0.3 is 5.84 Å². The van der Waals surface area contributed by atoms with E-state index < -0.39 is 0 Å². The number of H-pyrrole nitrogens is 1. The van der Waals surface area contributed by atoms with Crippen LogP contribution in [0.2, 0.25) is 0 Å². The first-order valence-electron chi connectivity index (χ1n) is 3.06. The first kappa shape index (κ1) is 6.98. The van der Waals surface area contributed by atoms with Gasteiger partial charge in [0.05, 0.1) is 0 Å². The van der Waals surface area contributed by atoms with Gasteiger partial charge in [-0.25, -0.2) is 10.1 Å². The van der Waals surface area contributed by atoms with Gasteiger partial charge in [0.25, 0.3) is 5.95 Å². The minimum atomic E-state index is 0.334. The van der Waals surface area contributed by atoms with Crippen molar-refractivity contribution < 1.29 is 0 Å². The van der Waals surface area contributed by atoms with Crippen LogP contribution in [0, 0.1) is 4.77 Å². The number of nitrogens with zero attached hydrogens (tertiary/aromatic N) is 5. The third-order valence-corrected chi connectivity index (χ3v) is 1.60. The summed E-state index contributed by atoms with van der Waals surface area (Å²) in [4.78, 5) is 3.74. The predicted octanol–water partition coefficient (Wildman–Crippen LogP) is -0.765. The molecule has 2 aromatic rings. The van der Waals surface area contributed by atoms with Gasteiger partial charge in [0.2, 0.25) is 4.77 Å². The molecule has 0 aliphatic rings. The number of rotatable bonds is 1. The molecule has 0 aliphatic heterocycles. The maximum absolute atomic E-state index is 5.52. The number of aromatic nitrogens is 6. The van der Waals surface area contributed by atoms with E-state index in [0.717, 1.165) is 0 Å². The van der Waals surface area contributed by atoms with Gasteiger partial charge in [-0.15, -0.1) is 5.10 Å². The SMILES string of the molecule is Nn1c(-n2cncn2)n[nH]c1=S. The molecule has 7 nitrogen and oxygen atoms in total. The fraction of sp³-hybridized carbons (Fsp3) is 0. The van der Waals surface area contributed by atoms with Gasteiger partial charge in [-0.1, -0.05) is 0 Å². The third-order valence-electron chi connectivity index (χ3n) is 1.31. The van der Waals surface area contributed by atoms with Crippen molar-refractivity contribution in [1.29, 1.82) is 0 Å². The number of hydrogen-bond acceptors (Lipinski definition) is 5. The van der Waals surface area contributed by atoms with Gasteiger partial charge in [-0.2, -0.15) is 14.5 Å². The van der Waals surface area contributed by atoms with Crippen molar-refractivity contribution in [3.8, 4) is 5.95 Å². The Hall–Kier alpha value is -1.70. The van der Waals surface area contributed by atoms with Crippen LogP contribution in [0.3, 0.4) is 0 Å². The maximum Gasteiger partial charge on any atom is 0.270 e. The van der Waals surface area contributed by atoms with Crippen molar-refractivity contribution in [1.82, 2.24) is 29.6 Å². The summed E-state index contributed by atoms with van der Waals surface area (Å²) in [6.45, 7) is 0. The van der Waals surface area contributed by atoms with Gasteiger partial charge in [0.1, 0.15) is 12.7 Å². The number of hydrogen-bond donors (Lipinski definition) is 2. The fourth-order valence-corrected chi connectivity index (χ4v) is 0.897. The van der Waals surface area contributed by atoms with E-state index in [0.29, 0.717) is 10.7 Å². The average Bonchev–Trinajstić information content (AvgIpc) is 2.64. The van der Waals surface area contributed by atoms with Crippen LogP contribution in [-0.2, 0) is 0 Å². The first-order valence-corrected chi connectivity index (χ1v) is 3.47. The molecule has 0 bridgehead atoms. The highest BCUT2D eigenvalue weighted by Crippen LogP contribution is 1.96. The molecule has 0 radical (unpaired) electrons. The molecule has 0 atom stereocenters. The molecule has 3 N–H and O–H groups in total. The quantitative estimate of drug-likeness (QED) is 0.447. The molecule has 0 fully saturated rings. The standard InChI is InChI=1S/C4H5N7S/c5-11-3(8-9-4(11)12)10-2-6-1-7-10/h1-2H,5H2,(H,9,12). The predicted molar refractivity (Wildman–Crippen MR) is 42.5 cm³/mol. The lowest BCUT2D eigenvalue weighted by molar-refractivity contribution is 0.767. The number of nitrogen functional groups attached to an aromatic ring is 1. The number of nitrogens with one attached hydrogen (secondary N) is 1. The van der Waals surface area contributed by atoms with Gasteiger partial charge >= 0.3 is 0 Å². The van der Waals surface area contributed by atoms with Crippen LogP contribution in [0.5, 0.6) is 0 Å². The van der Waals surface area contributed by atoms with Crippen LogP contribution in [0.4, 0.5) is 0 Å². The summed E-state index contributed by atoms with van der Waals surface area (Å²) >= 11 is 4.81. The molecule has 0 saturated heterocycles. The van der Waals surface area contributed by atoms with E-state index in [1.165, 1.54) is 22.0 Å². The zero-order chi connectivity index (χ0) is 8.55. The zero-order valence-corrected chi connectivity index (χ0v) is 6.69. The second kappa shape index (κ2) is 2.41. The Balaban J connectivity index is 2.62. The van der Waals surface area contributed by atoms with E-state index in [2.05, 4.69) is 20.3 Å². The van der Waals surface area contributed by atoms with Crippen molar-refractivity contribution in [3.05, 3.63) is 17.4 Å². The van der Waals surface area contributed by atoms with E-state index in [4.69, 9.17) is 18.1 Å². The van der Waals surface area contributed by atoms with Crippen LogP contribution in [0.15, 0.2) is 12.7 Å². The van der Waals surface area contributed by atoms with Gasteiger partial charge in [-0.3, -0.25) is 0 Å². The van der Waals surface area contributed by atoms with E-state index in [-0.39, 0.29) is 0 Å². The van der Waals surface area contributed by atoms with Crippen molar-refractivity contribution >= 4 is 12.2 Å². The van der Waals surface area contributed by atoms with Gasteiger partial charge in [-0.05, 0) is 12.2 Å². The Morgan fingerprint density at radius 2 is 2.42 bits per heavy atom. The highest BCUT2D eigenvalue weighted by Gasteiger charge is 2.04. The van der Waals surface area contributed by atoms with Gasteiger partial charge in [0, 0.05) is 0 Å². The van der Waals surface area contributed by atoms with Crippen LogP contribution in [-0.4, -0.2) is 29.6 Å². The smallest absolute Gasteiger partial charge is 0.270 e. The monoisotopic (exact) mass is 183 g/mol. The van der Waals surface area contributed by atoms with Crippen LogP contribution in [0.25, 0.3) is 5.95 Å². The summed E-state index contributed by atoms with van der Waals surface area (Å²) in [6.07, 6.45) is 2.87. The van der Waals surface area contributed by atoms with Crippen molar-refractivity contribution in [2.24, 2.45) is 0 Å². The van der Waals surface area contributed by atoms with E-state index in [1.54, 1.807) is 0 Å². The highest BCUT2D eigenvalue weighted by molar-refractivity contribution is 7.71. The van der Waals surface area contributed by atoms with Crippen molar-refractivity contribution in [3.63, 3.8) is 0 Å². The maximum atomic E-state index is 5.52. The summed E-state index contributed by atoms with van der Waals surface area (Å²) in [5, 5.41) is 10.2. The molecule has 0 aliphatic carbocycles. The molecule has 0 amide bonds. The zero-order valence-electron chi connectivity index (χ0n) is 5.88. The molecule has 2 aromatic heterocycles. The van der Waals surface area contributed by atoms with E-state index in [9.17, 15) is 0 Å². The molecule has 2 rings (SSSR count). The summed E-state index contributed by atoms with van der Waals surface area (Å²) in [5.74, 6) is 5.92. The van der Waals surface area contributed by atoms with E-state index in [1.807, 2.05) is 0 Å². The molecule has 0 unspecified atom stereocenters. The minimum absolute atomic E-state index is 0.334. The lowest BCUT2D eigenvalue weighted by atomic mass is 11.0.